The van der Waals surface area contributed by atoms with Gasteiger partial charge in [-0.15, -0.1) is 0 Å². The van der Waals surface area contributed by atoms with Crippen molar-refractivity contribution in [1.82, 2.24) is 9.88 Å². The van der Waals surface area contributed by atoms with Gasteiger partial charge in [-0.3, -0.25) is 9.88 Å². The van der Waals surface area contributed by atoms with E-state index in [0.29, 0.717) is 5.02 Å². The monoisotopic (exact) mass is 238 g/mol. The summed E-state index contributed by atoms with van der Waals surface area (Å²) in [6, 6.07) is 1.94. The highest BCUT2D eigenvalue weighted by Gasteiger charge is 2.19. The summed E-state index contributed by atoms with van der Waals surface area (Å²) in [5.74, 6) is 0.189. The summed E-state index contributed by atoms with van der Waals surface area (Å²) in [5.41, 5.74) is 1.09. The second-order valence-electron chi connectivity index (χ2n) is 4.24. The van der Waals surface area contributed by atoms with E-state index in [2.05, 4.69) is 9.88 Å². The number of hydrogen-bond acceptors (Lipinski definition) is 3. The van der Waals surface area contributed by atoms with Gasteiger partial charge in [0.15, 0.2) is 0 Å². The van der Waals surface area contributed by atoms with Crippen LogP contribution in [0.2, 0.25) is 5.02 Å². The van der Waals surface area contributed by atoms with Crippen LogP contribution in [0, 0.1) is 5.92 Å². The molecule has 3 nitrogen and oxygen atoms in total. The Balaban J connectivity index is 1.99. The minimum atomic E-state index is 0.189. The van der Waals surface area contributed by atoms with Crippen molar-refractivity contribution < 1.29 is 4.79 Å². The van der Waals surface area contributed by atoms with E-state index in [1.54, 1.807) is 12.4 Å². The number of piperidine rings is 1. The first-order chi connectivity index (χ1) is 7.79. The molecule has 0 spiro atoms. The van der Waals surface area contributed by atoms with E-state index in [4.69, 9.17) is 11.6 Å². The molecule has 0 bridgehead atoms. The number of aldehydes is 1. The van der Waals surface area contributed by atoms with Crippen LogP contribution in [0.25, 0.3) is 0 Å². The summed E-state index contributed by atoms with van der Waals surface area (Å²) < 4.78 is 0. The zero-order chi connectivity index (χ0) is 11.4. The molecule has 0 amide bonds. The van der Waals surface area contributed by atoms with Gasteiger partial charge in [-0.25, -0.2) is 0 Å². The predicted molar refractivity (Wildman–Crippen MR) is 63.3 cm³/mol. The van der Waals surface area contributed by atoms with Crippen molar-refractivity contribution in [3.63, 3.8) is 0 Å². The number of pyridine rings is 1. The molecule has 1 aliphatic heterocycles. The Hall–Kier alpha value is -0.930. The lowest BCUT2D eigenvalue weighted by Crippen LogP contribution is -2.35. The number of carbonyl (C=O) groups excluding carboxylic acids is 1. The molecule has 1 atom stereocenters. The molecule has 0 aromatic carbocycles. The Bertz CT molecular complexity index is 370. The Morgan fingerprint density at radius 1 is 1.62 bits per heavy atom. The van der Waals surface area contributed by atoms with Crippen LogP contribution in [-0.4, -0.2) is 29.3 Å². The normalized spacial score (nSPS) is 21.9. The first-order valence-electron chi connectivity index (χ1n) is 5.55. The van der Waals surface area contributed by atoms with Crippen molar-refractivity contribution in [1.29, 1.82) is 0 Å². The second kappa shape index (κ2) is 5.41. The van der Waals surface area contributed by atoms with E-state index in [1.165, 1.54) is 0 Å². The number of halogens is 1. The van der Waals surface area contributed by atoms with Crippen LogP contribution in [0.5, 0.6) is 0 Å². The third-order valence-electron chi connectivity index (χ3n) is 2.98. The topological polar surface area (TPSA) is 33.2 Å². The fourth-order valence-corrected chi connectivity index (χ4v) is 2.30. The maximum Gasteiger partial charge on any atom is 0.124 e. The van der Waals surface area contributed by atoms with Crippen molar-refractivity contribution >= 4 is 17.9 Å². The summed E-state index contributed by atoms with van der Waals surface area (Å²) in [6.45, 7) is 2.71. The average molecular weight is 239 g/mol. The van der Waals surface area contributed by atoms with Gasteiger partial charge in [0.2, 0.25) is 0 Å². The number of aromatic nitrogens is 1. The van der Waals surface area contributed by atoms with Crippen molar-refractivity contribution in [3.8, 4) is 0 Å². The highest BCUT2D eigenvalue weighted by molar-refractivity contribution is 6.31. The van der Waals surface area contributed by atoms with Crippen LogP contribution in [0.15, 0.2) is 18.5 Å². The fraction of sp³-hybridized carbons (Fsp3) is 0.500. The summed E-state index contributed by atoms with van der Waals surface area (Å²) in [4.78, 5) is 17.0. The lowest BCUT2D eigenvalue weighted by molar-refractivity contribution is -0.112. The summed E-state index contributed by atoms with van der Waals surface area (Å²) >= 11 is 6.06. The van der Waals surface area contributed by atoms with Crippen LogP contribution < -0.4 is 0 Å². The van der Waals surface area contributed by atoms with Crippen LogP contribution in [-0.2, 0) is 11.3 Å². The molecule has 4 heteroatoms. The molecule has 1 aliphatic rings. The van der Waals surface area contributed by atoms with Gasteiger partial charge in [-0.1, -0.05) is 11.6 Å². The van der Waals surface area contributed by atoms with Gasteiger partial charge in [0.05, 0.1) is 5.02 Å². The van der Waals surface area contributed by atoms with E-state index < -0.39 is 0 Å². The zero-order valence-corrected chi connectivity index (χ0v) is 9.86. The molecule has 1 fully saturated rings. The molecule has 0 N–H and O–H groups in total. The third kappa shape index (κ3) is 2.80. The van der Waals surface area contributed by atoms with Crippen molar-refractivity contribution in [2.45, 2.75) is 19.4 Å². The first kappa shape index (κ1) is 11.6. The number of carbonyl (C=O) groups is 1. The molecule has 86 valence electrons. The number of rotatable bonds is 3. The third-order valence-corrected chi connectivity index (χ3v) is 3.33. The standard InChI is InChI=1S/C12H15ClN2O/c13-12-6-14-4-3-11(12)8-15-5-1-2-10(7-15)9-16/h3-4,6,9-10H,1-2,5,7-8H2. The molecule has 1 saturated heterocycles. The second-order valence-corrected chi connectivity index (χ2v) is 4.65. The molecule has 1 aromatic heterocycles. The quantitative estimate of drug-likeness (QED) is 0.757. The average Bonchev–Trinajstić information content (AvgIpc) is 2.32. The van der Waals surface area contributed by atoms with E-state index in [1.807, 2.05) is 6.07 Å². The number of hydrogen-bond donors (Lipinski definition) is 0. The minimum absolute atomic E-state index is 0.189. The minimum Gasteiger partial charge on any atom is -0.303 e. The van der Waals surface area contributed by atoms with E-state index in [0.717, 1.165) is 44.3 Å². The lowest BCUT2D eigenvalue weighted by atomic mass is 9.99. The molecule has 0 aliphatic carbocycles. The van der Waals surface area contributed by atoms with Gasteiger partial charge in [0.25, 0.3) is 0 Å². The Morgan fingerprint density at radius 2 is 2.50 bits per heavy atom. The van der Waals surface area contributed by atoms with E-state index in [9.17, 15) is 4.79 Å². The Kier molecular flexibility index (Phi) is 3.91. The van der Waals surface area contributed by atoms with Crippen molar-refractivity contribution in [3.05, 3.63) is 29.0 Å². The van der Waals surface area contributed by atoms with Crippen LogP contribution >= 0.6 is 11.6 Å². The molecular weight excluding hydrogens is 224 g/mol. The SMILES string of the molecule is O=CC1CCCN(Cc2ccncc2Cl)C1. The van der Waals surface area contributed by atoms with Gasteiger partial charge in [0.1, 0.15) is 6.29 Å². The van der Waals surface area contributed by atoms with Gasteiger partial charge in [-0.05, 0) is 31.0 Å². The van der Waals surface area contributed by atoms with Crippen molar-refractivity contribution in [2.75, 3.05) is 13.1 Å². The molecule has 0 saturated carbocycles. The van der Waals surface area contributed by atoms with Crippen molar-refractivity contribution in [2.24, 2.45) is 5.92 Å². The molecule has 1 aromatic rings. The zero-order valence-electron chi connectivity index (χ0n) is 9.10. The predicted octanol–water partition coefficient (Wildman–Crippen LogP) is 2.15. The molecule has 1 unspecified atom stereocenters. The highest BCUT2D eigenvalue weighted by atomic mass is 35.5. The summed E-state index contributed by atoms with van der Waals surface area (Å²) in [5, 5.41) is 0.704. The Labute approximate surface area is 100 Å². The maximum absolute atomic E-state index is 10.8. The lowest BCUT2D eigenvalue weighted by Gasteiger charge is -2.30. The summed E-state index contributed by atoms with van der Waals surface area (Å²) in [7, 11) is 0. The van der Waals surface area contributed by atoms with Crippen LogP contribution in [0.3, 0.4) is 0 Å². The number of nitrogens with zero attached hydrogens (tertiary/aromatic N) is 2. The highest BCUT2D eigenvalue weighted by Crippen LogP contribution is 2.20. The molecule has 0 radical (unpaired) electrons. The summed E-state index contributed by atoms with van der Waals surface area (Å²) in [6.07, 6.45) is 6.59. The van der Waals surface area contributed by atoms with Gasteiger partial charge in [-0.2, -0.15) is 0 Å². The molecule has 2 rings (SSSR count). The largest absolute Gasteiger partial charge is 0.303 e. The Morgan fingerprint density at radius 3 is 3.25 bits per heavy atom. The van der Waals surface area contributed by atoms with Crippen LogP contribution in [0.1, 0.15) is 18.4 Å². The van der Waals surface area contributed by atoms with Gasteiger partial charge in [0, 0.05) is 31.4 Å². The smallest absolute Gasteiger partial charge is 0.124 e. The maximum atomic E-state index is 10.8. The van der Waals surface area contributed by atoms with Crippen LogP contribution in [0.4, 0.5) is 0 Å². The van der Waals surface area contributed by atoms with E-state index >= 15 is 0 Å². The van der Waals surface area contributed by atoms with E-state index in [-0.39, 0.29) is 5.92 Å². The number of likely N-dealkylation sites (tertiary alicyclic amines) is 1. The molecule has 16 heavy (non-hydrogen) atoms. The fourth-order valence-electron chi connectivity index (χ4n) is 2.12. The first-order valence-corrected chi connectivity index (χ1v) is 5.93. The van der Waals surface area contributed by atoms with Gasteiger partial charge >= 0.3 is 0 Å². The van der Waals surface area contributed by atoms with Gasteiger partial charge < -0.3 is 4.79 Å². The molecule has 2 heterocycles. The molecular formula is C12H15ClN2O.